The predicted octanol–water partition coefficient (Wildman–Crippen LogP) is 1.11. The molecular formula is C6H13NO2S. The Morgan fingerprint density at radius 3 is 2.70 bits per heavy atom. The fourth-order valence-electron chi connectivity index (χ4n) is 0.664. The first kappa shape index (κ1) is 9.78. The maximum absolute atomic E-state index is 10.4. The van der Waals surface area contributed by atoms with Gasteiger partial charge < -0.3 is 5.11 Å². The fraction of sp³-hybridized carbons (Fsp3) is 0.833. The summed E-state index contributed by atoms with van der Waals surface area (Å²) in [5, 5.41) is 8.56. The molecule has 0 aliphatic heterocycles. The highest BCUT2D eigenvalue weighted by atomic mass is 32.2. The van der Waals surface area contributed by atoms with Crippen LogP contribution < -0.4 is 4.72 Å². The van der Waals surface area contributed by atoms with Crippen LogP contribution in [-0.2, 0) is 4.79 Å². The van der Waals surface area contributed by atoms with Crippen LogP contribution in [0.2, 0.25) is 0 Å². The van der Waals surface area contributed by atoms with Gasteiger partial charge in [-0.25, -0.2) is 0 Å². The van der Waals surface area contributed by atoms with Crippen molar-refractivity contribution in [3.05, 3.63) is 0 Å². The number of aliphatic carboxylic acids is 1. The number of carbonyl (C=O) groups is 1. The second kappa shape index (κ2) is 5.56. The van der Waals surface area contributed by atoms with E-state index < -0.39 is 5.97 Å². The molecule has 1 atom stereocenters. The van der Waals surface area contributed by atoms with E-state index in [9.17, 15) is 4.79 Å². The Hall–Kier alpha value is -0.220. The maximum Gasteiger partial charge on any atom is 0.321 e. The molecule has 0 radical (unpaired) electrons. The summed E-state index contributed by atoms with van der Waals surface area (Å²) in [7, 11) is 0. The lowest BCUT2D eigenvalue weighted by Crippen LogP contribution is -2.31. The maximum atomic E-state index is 10.4. The molecule has 0 aromatic rings. The molecule has 60 valence electrons. The van der Waals surface area contributed by atoms with Crippen LogP contribution >= 0.6 is 11.9 Å². The Bertz CT molecular complexity index is 102. The first-order chi connectivity index (χ1) is 4.72. The highest BCUT2D eigenvalue weighted by Gasteiger charge is 2.13. The normalized spacial score (nSPS) is 13.0. The Balaban J connectivity index is 3.61. The van der Waals surface area contributed by atoms with Crippen LogP contribution in [0.5, 0.6) is 0 Å². The molecule has 0 fully saturated rings. The van der Waals surface area contributed by atoms with Gasteiger partial charge >= 0.3 is 5.97 Å². The Kier molecular flexibility index (Phi) is 5.43. The van der Waals surface area contributed by atoms with Crippen LogP contribution in [-0.4, -0.2) is 23.4 Å². The molecular weight excluding hydrogens is 150 g/mol. The molecule has 3 nitrogen and oxygen atoms in total. The third-order valence-corrected chi connectivity index (χ3v) is 1.66. The lowest BCUT2D eigenvalue weighted by Gasteiger charge is -2.09. The van der Waals surface area contributed by atoms with Gasteiger partial charge in [-0.3, -0.25) is 9.52 Å². The SMILES string of the molecule is CCCC(NSC)C(=O)O. The third kappa shape index (κ3) is 3.74. The average molecular weight is 163 g/mol. The van der Waals surface area contributed by atoms with Crippen LogP contribution in [0, 0.1) is 0 Å². The molecule has 0 aromatic heterocycles. The number of carboxylic acid groups (broad SMARTS) is 1. The van der Waals surface area contributed by atoms with Crippen molar-refractivity contribution < 1.29 is 9.90 Å². The lowest BCUT2D eigenvalue weighted by molar-refractivity contribution is -0.139. The molecule has 1 unspecified atom stereocenters. The van der Waals surface area contributed by atoms with Crippen LogP contribution in [0.3, 0.4) is 0 Å². The van der Waals surface area contributed by atoms with Gasteiger partial charge in [0.05, 0.1) is 0 Å². The van der Waals surface area contributed by atoms with E-state index in [1.54, 1.807) is 0 Å². The summed E-state index contributed by atoms with van der Waals surface area (Å²) in [5.41, 5.74) is 0. The Labute approximate surface area is 65.3 Å². The van der Waals surface area contributed by atoms with E-state index in [0.29, 0.717) is 6.42 Å². The molecule has 2 N–H and O–H groups in total. The van der Waals surface area contributed by atoms with E-state index in [1.807, 2.05) is 13.2 Å². The minimum atomic E-state index is -0.767. The molecule has 0 saturated carbocycles. The van der Waals surface area contributed by atoms with Gasteiger partial charge in [-0.05, 0) is 12.7 Å². The summed E-state index contributed by atoms with van der Waals surface area (Å²) in [6, 6.07) is -0.389. The van der Waals surface area contributed by atoms with Crippen molar-refractivity contribution in [1.29, 1.82) is 0 Å². The van der Waals surface area contributed by atoms with Gasteiger partial charge in [0.2, 0.25) is 0 Å². The molecule has 0 aliphatic rings. The van der Waals surface area contributed by atoms with Crippen molar-refractivity contribution in [3.8, 4) is 0 Å². The highest BCUT2D eigenvalue weighted by molar-refractivity contribution is 7.96. The van der Waals surface area contributed by atoms with Crippen molar-refractivity contribution in [2.75, 3.05) is 6.26 Å². The van der Waals surface area contributed by atoms with E-state index in [1.165, 1.54) is 11.9 Å². The fourth-order valence-corrected chi connectivity index (χ4v) is 1.17. The Morgan fingerprint density at radius 1 is 1.80 bits per heavy atom. The first-order valence-electron chi connectivity index (χ1n) is 3.23. The molecule has 10 heavy (non-hydrogen) atoms. The van der Waals surface area contributed by atoms with Crippen LogP contribution in [0.15, 0.2) is 0 Å². The first-order valence-corrected chi connectivity index (χ1v) is 4.46. The summed E-state index contributed by atoms with van der Waals surface area (Å²) in [4.78, 5) is 10.4. The number of hydrogen-bond acceptors (Lipinski definition) is 3. The number of hydrogen-bond donors (Lipinski definition) is 2. The summed E-state index contributed by atoms with van der Waals surface area (Å²) in [6.07, 6.45) is 3.41. The molecule has 0 rings (SSSR count). The van der Waals surface area contributed by atoms with Crippen molar-refractivity contribution in [3.63, 3.8) is 0 Å². The number of nitrogens with one attached hydrogen (secondary N) is 1. The van der Waals surface area contributed by atoms with Crippen LogP contribution in [0.25, 0.3) is 0 Å². The van der Waals surface area contributed by atoms with Crippen molar-refractivity contribution in [2.24, 2.45) is 0 Å². The van der Waals surface area contributed by atoms with Gasteiger partial charge in [0.25, 0.3) is 0 Å². The number of carboxylic acids is 1. The van der Waals surface area contributed by atoms with E-state index >= 15 is 0 Å². The van der Waals surface area contributed by atoms with E-state index in [4.69, 9.17) is 5.11 Å². The lowest BCUT2D eigenvalue weighted by atomic mass is 10.2. The minimum Gasteiger partial charge on any atom is -0.480 e. The van der Waals surface area contributed by atoms with E-state index in [2.05, 4.69) is 4.72 Å². The van der Waals surface area contributed by atoms with Crippen LogP contribution in [0.4, 0.5) is 0 Å². The molecule has 0 bridgehead atoms. The molecule has 0 amide bonds. The molecule has 0 spiro atoms. The summed E-state index contributed by atoms with van der Waals surface area (Å²) >= 11 is 1.35. The smallest absolute Gasteiger partial charge is 0.321 e. The Morgan fingerprint density at radius 2 is 2.40 bits per heavy atom. The second-order valence-electron chi connectivity index (χ2n) is 2.00. The van der Waals surface area contributed by atoms with Crippen molar-refractivity contribution >= 4 is 17.9 Å². The van der Waals surface area contributed by atoms with Gasteiger partial charge in [-0.2, -0.15) is 0 Å². The molecule has 0 saturated heterocycles. The zero-order valence-electron chi connectivity index (χ0n) is 6.26. The van der Waals surface area contributed by atoms with Gasteiger partial charge in [0.1, 0.15) is 6.04 Å². The average Bonchev–Trinajstić information content (AvgIpc) is 1.87. The van der Waals surface area contributed by atoms with Gasteiger partial charge in [0.15, 0.2) is 0 Å². The van der Waals surface area contributed by atoms with Crippen molar-refractivity contribution in [2.45, 2.75) is 25.8 Å². The standard InChI is InChI=1S/C6H13NO2S/c1-3-4-5(6(8)9)7-10-2/h5,7H,3-4H2,1-2H3,(H,8,9). The minimum absolute atomic E-state index is 0.389. The van der Waals surface area contributed by atoms with E-state index in [0.717, 1.165) is 6.42 Å². The predicted molar refractivity (Wildman–Crippen MR) is 43.0 cm³/mol. The number of rotatable bonds is 5. The van der Waals surface area contributed by atoms with E-state index in [-0.39, 0.29) is 6.04 Å². The largest absolute Gasteiger partial charge is 0.480 e. The molecule has 0 aromatic carbocycles. The zero-order chi connectivity index (χ0) is 7.98. The summed E-state index contributed by atoms with van der Waals surface area (Å²) in [5.74, 6) is -0.767. The molecule has 0 heterocycles. The van der Waals surface area contributed by atoms with Crippen LogP contribution in [0.1, 0.15) is 19.8 Å². The summed E-state index contributed by atoms with van der Waals surface area (Å²) in [6.45, 7) is 1.97. The van der Waals surface area contributed by atoms with Gasteiger partial charge in [-0.15, -0.1) is 0 Å². The summed E-state index contributed by atoms with van der Waals surface area (Å²) < 4.78 is 2.80. The second-order valence-corrected chi connectivity index (χ2v) is 2.65. The van der Waals surface area contributed by atoms with Gasteiger partial charge in [0, 0.05) is 0 Å². The quantitative estimate of drug-likeness (QED) is 0.596. The third-order valence-electron chi connectivity index (χ3n) is 1.14. The van der Waals surface area contributed by atoms with Crippen molar-refractivity contribution in [1.82, 2.24) is 4.72 Å². The molecule has 0 aliphatic carbocycles. The molecule has 4 heteroatoms. The zero-order valence-corrected chi connectivity index (χ0v) is 7.07. The topological polar surface area (TPSA) is 49.3 Å². The highest BCUT2D eigenvalue weighted by Crippen LogP contribution is 1.99. The van der Waals surface area contributed by atoms with Gasteiger partial charge in [-0.1, -0.05) is 25.3 Å². The monoisotopic (exact) mass is 163 g/mol.